The zero-order valence-electron chi connectivity index (χ0n) is 14.2. The van der Waals surface area contributed by atoms with E-state index >= 15 is 0 Å². The third kappa shape index (κ3) is 4.72. The Kier molecular flexibility index (Phi) is 6.46. The van der Waals surface area contributed by atoms with Crippen molar-refractivity contribution in [3.8, 4) is 0 Å². The predicted octanol–water partition coefficient (Wildman–Crippen LogP) is 2.23. The Balaban J connectivity index is 1.94. The fourth-order valence-corrected chi connectivity index (χ4v) is 2.71. The van der Waals surface area contributed by atoms with Crippen LogP contribution >= 0.6 is 11.8 Å². The Morgan fingerprint density at radius 2 is 2.09 bits per heavy atom. The highest BCUT2D eigenvalue weighted by Crippen LogP contribution is 2.15. The van der Waals surface area contributed by atoms with Gasteiger partial charge in [0, 0.05) is 32.1 Å². The Hall–Kier alpha value is -2.02. The van der Waals surface area contributed by atoms with Crippen molar-refractivity contribution in [1.29, 1.82) is 0 Å². The molecule has 0 amide bonds. The number of aryl methyl sites for hydroxylation is 1. The van der Waals surface area contributed by atoms with Crippen LogP contribution in [-0.2, 0) is 19.6 Å². The van der Waals surface area contributed by atoms with E-state index in [1.807, 2.05) is 11.6 Å². The maximum atomic E-state index is 4.34. The molecule has 0 aliphatic rings. The summed E-state index contributed by atoms with van der Waals surface area (Å²) in [6.45, 7) is 4.34. The third-order valence-electron chi connectivity index (χ3n) is 3.59. The SMILES string of the molecule is CCn1cnnc1CNC(=NC)N(C)Cc1ccc(SC)cc1. The second-order valence-corrected chi connectivity index (χ2v) is 6.02. The van der Waals surface area contributed by atoms with Crippen LogP contribution in [0.15, 0.2) is 40.5 Å². The molecule has 0 saturated carbocycles. The van der Waals surface area contributed by atoms with Crippen molar-refractivity contribution in [2.24, 2.45) is 4.99 Å². The van der Waals surface area contributed by atoms with Crippen LogP contribution in [0.5, 0.6) is 0 Å². The lowest BCUT2D eigenvalue weighted by Crippen LogP contribution is -2.38. The fraction of sp³-hybridized carbons (Fsp3) is 0.438. The number of benzene rings is 1. The first-order valence-corrected chi connectivity index (χ1v) is 8.81. The van der Waals surface area contributed by atoms with Gasteiger partial charge in [-0.05, 0) is 30.9 Å². The minimum atomic E-state index is 0.607. The van der Waals surface area contributed by atoms with E-state index in [0.717, 1.165) is 24.9 Å². The van der Waals surface area contributed by atoms with Gasteiger partial charge in [0.05, 0.1) is 6.54 Å². The number of guanidine groups is 1. The van der Waals surface area contributed by atoms with Crippen molar-refractivity contribution in [2.45, 2.75) is 31.5 Å². The molecule has 23 heavy (non-hydrogen) atoms. The smallest absolute Gasteiger partial charge is 0.194 e. The highest BCUT2D eigenvalue weighted by atomic mass is 32.2. The van der Waals surface area contributed by atoms with Crippen LogP contribution in [0.25, 0.3) is 0 Å². The number of hydrogen-bond donors (Lipinski definition) is 1. The van der Waals surface area contributed by atoms with Crippen LogP contribution in [-0.4, -0.2) is 46.0 Å². The third-order valence-corrected chi connectivity index (χ3v) is 4.34. The van der Waals surface area contributed by atoms with Crippen molar-refractivity contribution in [3.63, 3.8) is 0 Å². The van der Waals surface area contributed by atoms with Crippen LogP contribution in [0.3, 0.4) is 0 Å². The van der Waals surface area contributed by atoms with E-state index in [2.05, 4.69) is 62.9 Å². The molecular formula is C16H24N6S. The van der Waals surface area contributed by atoms with E-state index in [-0.39, 0.29) is 0 Å². The molecule has 2 aromatic rings. The normalized spacial score (nSPS) is 11.6. The lowest BCUT2D eigenvalue weighted by Gasteiger charge is -2.22. The lowest BCUT2D eigenvalue weighted by molar-refractivity contribution is 0.473. The number of aliphatic imine (C=N–C) groups is 1. The van der Waals surface area contributed by atoms with Gasteiger partial charge in [-0.1, -0.05) is 12.1 Å². The van der Waals surface area contributed by atoms with Crippen molar-refractivity contribution in [1.82, 2.24) is 25.0 Å². The highest BCUT2D eigenvalue weighted by molar-refractivity contribution is 7.98. The summed E-state index contributed by atoms with van der Waals surface area (Å²) in [6.07, 6.45) is 3.83. The second kappa shape index (κ2) is 8.57. The Labute approximate surface area is 142 Å². The standard InChI is InChI=1S/C16H24N6S/c1-5-22-12-19-20-15(22)10-18-16(17-2)21(3)11-13-6-8-14(23-4)9-7-13/h6-9,12H,5,10-11H2,1-4H3,(H,17,18). The number of rotatable bonds is 6. The summed E-state index contributed by atoms with van der Waals surface area (Å²) < 4.78 is 2.02. The molecule has 0 bridgehead atoms. The summed E-state index contributed by atoms with van der Waals surface area (Å²) in [5.74, 6) is 1.75. The predicted molar refractivity (Wildman–Crippen MR) is 95.6 cm³/mol. The summed E-state index contributed by atoms with van der Waals surface area (Å²) in [5.41, 5.74) is 1.25. The molecule has 1 aromatic carbocycles. The van der Waals surface area contributed by atoms with Crippen molar-refractivity contribution >= 4 is 17.7 Å². The van der Waals surface area contributed by atoms with E-state index < -0.39 is 0 Å². The molecule has 0 aliphatic carbocycles. The Bertz CT molecular complexity index is 634. The maximum Gasteiger partial charge on any atom is 0.194 e. The van der Waals surface area contributed by atoms with Gasteiger partial charge in [0.2, 0.25) is 0 Å². The molecule has 1 aromatic heterocycles. The van der Waals surface area contributed by atoms with E-state index in [1.54, 1.807) is 25.1 Å². The molecule has 0 radical (unpaired) electrons. The van der Waals surface area contributed by atoms with E-state index in [9.17, 15) is 0 Å². The zero-order valence-corrected chi connectivity index (χ0v) is 15.0. The van der Waals surface area contributed by atoms with Crippen LogP contribution in [0.2, 0.25) is 0 Å². The number of nitrogens with one attached hydrogen (secondary N) is 1. The van der Waals surface area contributed by atoms with E-state index in [4.69, 9.17) is 0 Å². The topological polar surface area (TPSA) is 58.3 Å². The largest absolute Gasteiger partial charge is 0.349 e. The molecule has 1 N–H and O–H groups in total. The lowest BCUT2D eigenvalue weighted by atomic mass is 10.2. The first-order valence-electron chi connectivity index (χ1n) is 7.59. The summed E-state index contributed by atoms with van der Waals surface area (Å²) in [4.78, 5) is 7.72. The number of hydrogen-bond acceptors (Lipinski definition) is 4. The quantitative estimate of drug-likeness (QED) is 0.499. The fourth-order valence-electron chi connectivity index (χ4n) is 2.30. The molecule has 0 aliphatic heterocycles. The summed E-state index contributed by atoms with van der Waals surface area (Å²) in [7, 11) is 3.82. The Morgan fingerprint density at radius 3 is 2.70 bits per heavy atom. The van der Waals surface area contributed by atoms with Crippen molar-refractivity contribution < 1.29 is 0 Å². The average molecular weight is 332 g/mol. The molecular weight excluding hydrogens is 308 g/mol. The summed E-state index contributed by atoms with van der Waals surface area (Å²) >= 11 is 1.75. The monoisotopic (exact) mass is 332 g/mol. The maximum absolute atomic E-state index is 4.34. The van der Waals surface area contributed by atoms with Crippen LogP contribution in [0, 0.1) is 0 Å². The van der Waals surface area contributed by atoms with Crippen LogP contribution in [0.1, 0.15) is 18.3 Å². The molecule has 0 atom stereocenters. The van der Waals surface area contributed by atoms with Gasteiger partial charge < -0.3 is 14.8 Å². The molecule has 1 heterocycles. The van der Waals surface area contributed by atoms with E-state index in [0.29, 0.717) is 6.54 Å². The highest BCUT2D eigenvalue weighted by Gasteiger charge is 2.09. The molecule has 7 heteroatoms. The number of nitrogens with zero attached hydrogens (tertiary/aromatic N) is 5. The van der Waals surface area contributed by atoms with Gasteiger partial charge in [-0.3, -0.25) is 4.99 Å². The summed E-state index contributed by atoms with van der Waals surface area (Å²) in [6, 6.07) is 8.61. The van der Waals surface area contributed by atoms with Gasteiger partial charge in [0.25, 0.3) is 0 Å². The zero-order chi connectivity index (χ0) is 16.7. The molecule has 2 rings (SSSR count). The number of thioether (sulfide) groups is 1. The van der Waals surface area contributed by atoms with Gasteiger partial charge in [-0.25, -0.2) is 0 Å². The molecule has 124 valence electrons. The Morgan fingerprint density at radius 1 is 1.35 bits per heavy atom. The van der Waals surface area contributed by atoms with Gasteiger partial charge in [0.15, 0.2) is 11.8 Å². The molecule has 0 unspecified atom stereocenters. The first kappa shape index (κ1) is 17.3. The molecule has 0 spiro atoms. The average Bonchev–Trinajstić information content (AvgIpc) is 3.03. The van der Waals surface area contributed by atoms with Crippen molar-refractivity contribution in [3.05, 3.63) is 42.0 Å². The van der Waals surface area contributed by atoms with Gasteiger partial charge in [-0.2, -0.15) is 0 Å². The van der Waals surface area contributed by atoms with Crippen LogP contribution in [0.4, 0.5) is 0 Å². The second-order valence-electron chi connectivity index (χ2n) is 5.14. The van der Waals surface area contributed by atoms with Gasteiger partial charge >= 0.3 is 0 Å². The summed E-state index contributed by atoms with van der Waals surface area (Å²) in [5, 5.41) is 11.4. The molecule has 6 nitrogen and oxygen atoms in total. The minimum absolute atomic E-state index is 0.607. The number of aromatic nitrogens is 3. The van der Waals surface area contributed by atoms with Gasteiger partial charge in [0.1, 0.15) is 6.33 Å². The van der Waals surface area contributed by atoms with E-state index in [1.165, 1.54) is 10.5 Å². The molecule has 0 fully saturated rings. The van der Waals surface area contributed by atoms with Gasteiger partial charge in [-0.15, -0.1) is 22.0 Å². The minimum Gasteiger partial charge on any atom is -0.349 e. The first-order chi connectivity index (χ1) is 11.2. The molecule has 0 saturated heterocycles. The van der Waals surface area contributed by atoms with Crippen molar-refractivity contribution in [2.75, 3.05) is 20.4 Å². The van der Waals surface area contributed by atoms with Crippen LogP contribution < -0.4 is 5.32 Å².